The first kappa shape index (κ1) is 40.7. The van der Waals surface area contributed by atoms with E-state index < -0.39 is 23.7 Å². The van der Waals surface area contributed by atoms with E-state index in [-0.39, 0.29) is 52.7 Å². The van der Waals surface area contributed by atoms with Crippen molar-refractivity contribution in [3.05, 3.63) is 87.0 Å². The summed E-state index contributed by atoms with van der Waals surface area (Å²) in [6, 6.07) is 11.5. The lowest BCUT2D eigenvalue weighted by atomic mass is 9.84. The Bertz CT molecular complexity index is 2100. The lowest BCUT2D eigenvalue weighted by Gasteiger charge is -2.23. The van der Waals surface area contributed by atoms with Crippen LogP contribution in [0.25, 0.3) is 17.0 Å². The van der Waals surface area contributed by atoms with E-state index in [1.54, 1.807) is 55.5 Å². The highest BCUT2D eigenvalue weighted by molar-refractivity contribution is 7.98. The zero-order valence-electron chi connectivity index (χ0n) is 31.4. The number of nitrogens with one attached hydrogen (secondary N) is 2. The predicted octanol–water partition coefficient (Wildman–Crippen LogP) is 6.41. The maximum Gasteiger partial charge on any atom is 0.342 e. The van der Waals surface area contributed by atoms with Crippen LogP contribution >= 0.6 is 11.8 Å². The molecule has 13 nitrogen and oxygen atoms in total. The highest BCUT2D eigenvalue weighted by atomic mass is 32.2. The van der Waals surface area contributed by atoms with Gasteiger partial charge in [0.2, 0.25) is 5.91 Å². The van der Waals surface area contributed by atoms with Crippen molar-refractivity contribution >= 4 is 46.4 Å². The molecule has 4 N–H and O–H groups in total. The number of thioether (sulfide) groups is 1. The van der Waals surface area contributed by atoms with E-state index in [0.29, 0.717) is 89.6 Å². The van der Waals surface area contributed by atoms with Crippen molar-refractivity contribution < 1.29 is 43.5 Å². The molecule has 5 rings (SSSR count). The number of hydrogen-bond donors (Lipinski definition) is 4. The number of H-pyrrole nitrogens is 1. The Hall–Kier alpha value is -5.50. The number of nitrogens with zero attached hydrogens (tertiary/aromatic N) is 1. The minimum absolute atomic E-state index is 0.0127. The molecule has 0 spiro atoms. The summed E-state index contributed by atoms with van der Waals surface area (Å²) in [5, 5.41) is 26.5. The van der Waals surface area contributed by atoms with Crippen molar-refractivity contribution in [1.29, 1.82) is 0 Å². The van der Waals surface area contributed by atoms with Crippen molar-refractivity contribution in [3.8, 4) is 28.7 Å². The number of rotatable bonds is 12. The third-order valence-corrected chi connectivity index (χ3v) is 10.3. The third-order valence-electron chi connectivity index (χ3n) is 9.37. The van der Waals surface area contributed by atoms with Crippen LogP contribution in [0.4, 0.5) is 0 Å². The lowest BCUT2D eigenvalue weighted by Crippen LogP contribution is -2.27. The predicted molar refractivity (Wildman–Crippen MR) is 210 cm³/mol. The van der Waals surface area contributed by atoms with Crippen molar-refractivity contribution in [1.82, 2.24) is 15.3 Å². The van der Waals surface area contributed by atoms with Crippen molar-refractivity contribution in [2.45, 2.75) is 69.6 Å². The Labute approximate surface area is 323 Å². The van der Waals surface area contributed by atoms with E-state index in [4.69, 9.17) is 18.9 Å². The molecule has 0 saturated carbocycles. The minimum Gasteiger partial charge on any atom is -0.507 e. The zero-order chi connectivity index (χ0) is 39.5. The molecule has 2 unspecified atom stereocenters. The molecule has 1 aromatic heterocycles. The molecule has 2 atom stereocenters. The Kier molecular flexibility index (Phi) is 14.2. The van der Waals surface area contributed by atoms with Gasteiger partial charge in [0.15, 0.2) is 11.5 Å². The number of carbonyl (C=O) groups is 3. The molecule has 3 aromatic carbocycles. The van der Waals surface area contributed by atoms with Gasteiger partial charge in [-0.05, 0) is 68.0 Å². The summed E-state index contributed by atoms with van der Waals surface area (Å²) in [7, 11) is 4.53. The van der Waals surface area contributed by atoms with E-state index in [9.17, 15) is 29.4 Å². The van der Waals surface area contributed by atoms with Crippen molar-refractivity contribution in [2.24, 2.45) is 0 Å². The summed E-state index contributed by atoms with van der Waals surface area (Å²) in [5.74, 6) is 0.192. The van der Waals surface area contributed by atoms with Crippen LogP contribution in [0.3, 0.4) is 0 Å². The second-order valence-corrected chi connectivity index (χ2v) is 14.3. The number of aromatic hydroxyl groups is 2. The van der Waals surface area contributed by atoms with Crippen LogP contribution in [0.15, 0.2) is 53.3 Å². The number of phenols is 2. The van der Waals surface area contributed by atoms with Gasteiger partial charge in [0.05, 0.1) is 44.1 Å². The molecule has 1 amide bonds. The van der Waals surface area contributed by atoms with Crippen LogP contribution in [0, 0.1) is 0 Å². The lowest BCUT2D eigenvalue weighted by molar-refractivity contribution is -0.121. The van der Waals surface area contributed by atoms with Gasteiger partial charge >= 0.3 is 5.97 Å². The van der Waals surface area contributed by atoms with E-state index in [0.717, 1.165) is 0 Å². The van der Waals surface area contributed by atoms with E-state index in [2.05, 4.69) is 15.3 Å². The van der Waals surface area contributed by atoms with Gasteiger partial charge < -0.3 is 39.5 Å². The van der Waals surface area contributed by atoms with Gasteiger partial charge in [-0.1, -0.05) is 24.3 Å². The number of allylic oxidation sites excluding steroid dienone is 1. The van der Waals surface area contributed by atoms with E-state index in [1.807, 2.05) is 0 Å². The van der Waals surface area contributed by atoms with Gasteiger partial charge in [0.1, 0.15) is 34.4 Å². The van der Waals surface area contributed by atoms with Gasteiger partial charge in [-0.15, -0.1) is 0 Å². The number of fused-ring (bicyclic) bond motifs is 2. The van der Waals surface area contributed by atoms with Gasteiger partial charge in [-0.25, -0.2) is 9.78 Å². The Balaban J connectivity index is 1.34. The maximum absolute atomic E-state index is 13.6. The molecular weight excluding hydrogens is 727 g/mol. The summed E-state index contributed by atoms with van der Waals surface area (Å²) in [6.45, 7) is 2.02. The van der Waals surface area contributed by atoms with Gasteiger partial charge in [0.25, 0.3) is 5.56 Å². The second kappa shape index (κ2) is 19.2. The fourth-order valence-electron chi connectivity index (χ4n) is 6.51. The number of methoxy groups -OCH3 is 3. The summed E-state index contributed by atoms with van der Waals surface area (Å²) < 4.78 is 21.7. The van der Waals surface area contributed by atoms with Gasteiger partial charge in [0, 0.05) is 49.1 Å². The van der Waals surface area contributed by atoms with E-state index >= 15 is 0 Å². The van der Waals surface area contributed by atoms with Crippen LogP contribution in [0.2, 0.25) is 0 Å². The molecular formula is C41H47N3O10S. The first-order valence-electron chi connectivity index (χ1n) is 18.1. The molecule has 2 heterocycles. The number of amides is 1. The quantitative estimate of drug-likeness (QED) is 0.0917. The number of hydrogen-bond acceptors (Lipinski definition) is 12. The molecule has 1 aliphatic rings. The number of ketones is 1. The van der Waals surface area contributed by atoms with Crippen LogP contribution in [-0.4, -0.2) is 77.6 Å². The zero-order valence-corrected chi connectivity index (χ0v) is 32.3. The molecule has 4 aromatic rings. The molecule has 0 fully saturated rings. The minimum atomic E-state index is -0.861. The standard InChI is InChI=1S/C41H47N3O10S/c1-24-9-8-12-27(45)11-7-5-6-10-26-19-32(46)38(39(48)37(26)41(50)54-24)29(25-13-15-28(51-2)16-14-25)21-36(47)42-17-18-55-23-35-43-31-22-34(53-4)33(52-3)20-30(31)40(49)44-35/h6,10,13-16,19-20,22,24,29,46,48H,5,7-9,11-12,17-18,21,23H2,1-4H3,(H,42,47)(H,43,44,49). The number of aromatic amines is 1. The van der Waals surface area contributed by atoms with Crippen molar-refractivity contribution in [2.75, 3.05) is 33.6 Å². The molecule has 1 aliphatic heterocycles. The normalized spacial score (nSPS) is 15.7. The highest BCUT2D eigenvalue weighted by Crippen LogP contribution is 2.44. The van der Waals surface area contributed by atoms with Crippen LogP contribution < -0.4 is 25.1 Å². The number of benzene rings is 3. The summed E-state index contributed by atoms with van der Waals surface area (Å²) >= 11 is 1.46. The smallest absolute Gasteiger partial charge is 0.342 e. The number of esters is 1. The summed E-state index contributed by atoms with van der Waals surface area (Å²) in [6.07, 6.45) is 5.83. The summed E-state index contributed by atoms with van der Waals surface area (Å²) in [5.41, 5.74) is 0.915. The largest absolute Gasteiger partial charge is 0.507 e. The fraction of sp³-hybridized carbons (Fsp3) is 0.390. The first-order chi connectivity index (χ1) is 26.5. The highest BCUT2D eigenvalue weighted by Gasteiger charge is 2.31. The number of phenolic OH excluding ortho intramolecular Hbond substituents is 2. The molecule has 0 bridgehead atoms. The third kappa shape index (κ3) is 10.4. The van der Waals surface area contributed by atoms with Crippen molar-refractivity contribution in [3.63, 3.8) is 0 Å². The molecule has 0 aliphatic carbocycles. The average molecular weight is 774 g/mol. The van der Waals surface area contributed by atoms with Crippen LogP contribution in [0.1, 0.15) is 90.7 Å². The SMILES string of the molecule is COc1ccc(C(CC(=O)NCCSCc2nc3cc(OC)c(OC)cc3c(=O)[nH]2)c2c(O)cc3c(c2O)C(=O)OC(C)CCCC(=O)CCCC=C3)cc1. The number of cyclic esters (lactones) is 1. The van der Waals surface area contributed by atoms with Crippen LogP contribution in [-0.2, 0) is 20.1 Å². The van der Waals surface area contributed by atoms with E-state index in [1.165, 1.54) is 39.2 Å². The molecule has 0 radical (unpaired) electrons. The molecule has 55 heavy (non-hydrogen) atoms. The topological polar surface area (TPSA) is 186 Å². The Morgan fingerprint density at radius 3 is 2.47 bits per heavy atom. The first-order valence-corrected chi connectivity index (χ1v) is 19.3. The number of ether oxygens (including phenoxy) is 4. The molecule has 292 valence electrons. The van der Waals surface area contributed by atoms with Gasteiger partial charge in [-0.3, -0.25) is 14.4 Å². The molecule has 14 heteroatoms. The van der Waals surface area contributed by atoms with Gasteiger partial charge in [-0.2, -0.15) is 11.8 Å². The number of aromatic nitrogens is 2. The second-order valence-electron chi connectivity index (χ2n) is 13.2. The summed E-state index contributed by atoms with van der Waals surface area (Å²) in [4.78, 5) is 59.5. The molecule has 0 saturated heterocycles. The number of carbonyl (C=O) groups excluding carboxylic acids is 3. The fourth-order valence-corrected chi connectivity index (χ4v) is 7.23. The average Bonchev–Trinajstić information content (AvgIpc) is 3.16. The Morgan fingerprint density at radius 2 is 1.75 bits per heavy atom. The monoisotopic (exact) mass is 773 g/mol. The maximum atomic E-state index is 13.6. The Morgan fingerprint density at radius 1 is 1.02 bits per heavy atom. The van der Waals surface area contributed by atoms with Crippen LogP contribution in [0.5, 0.6) is 28.7 Å². The number of Topliss-reactive ketones (excluding diaryl/α,β-unsaturated/α-hetero) is 1.